The van der Waals surface area contributed by atoms with Crippen LogP contribution in [0.1, 0.15) is 0 Å². The average molecular weight is 586 g/mol. The van der Waals surface area contributed by atoms with E-state index < -0.39 is 16.8 Å². The molecular formula is C27H29ClFN7OS2. The largest absolute Gasteiger partial charge is 0.372 e. The van der Waals surface area contributed by atoms with Crippen molar-refractivity contribution >= 4 is 56.1 Å². The van der Waals surface area contributed by atoms with Crippen LogP contribution in [0, 0.1) is 5.82 Å². The van der Waals surface area contributed by atoms with E-state index in [0.29, 0.717) is 16.5 Å². The zero-order valence-corrected chi connectivity index (χ0v) is 23.8. The number of hydrogen-bond acceptors (Lipinski definition) is 8. The summed E-state index contributed by atoms with van der Waals surface area (Å²) in [6.45, 7) is 5.75. The van der Waals surface area contributed by atoms with Gasteiger partial charge in [-0.05, 0) is 12.1 Å². The lowest BCUT2D eigenvalue weighted by Gasteiger charge is -2.30. The smallest absolute Gasteiger partial charge is 0.194 e. The standard InChI is InChI=1S/C27H29ClFN7OS2/c1-35(12-13-36-10-7-30-8-11-36)25-17-22(19-5-3-2-4-6-19)32-18-24(25)33-23-16-21(29)26(15-20(23)28)39(37)34-27-31-9-14-38-27/h2-6,9,14-18,30,33H,7-8,10-13H2,1H3,(H,31,34). The molecule has 2 aromatic heterocycles. The second kappa shape index (κ2) is 12.8. The number of thiazole rings is 1. The summed E-state index contributed by atoms with van der Waals surface area (Å²) in [7, 11) is 0.188. The van der Waals surface area contributed by atoms with Gasteiger partial charge in [-0.15, -0.1) is 11.3 Å². The Hall–Kier alpha value is -3.09. The van der Waals surface area contributed by atoms with Crippen molar-refractivity contribution in [2.24, 2.45) is 0 Å². The SMILES string of the molecule is CN(CCN1CCNCC1)c1cc(-c2ccccc2)ncc1Nc1cc(F)c(S(=O)Nc2nccs2)cc1Cl. The number of pyridine rings is 1. The molecule has 0 radical (unpaired) electrons. The van der Waals surface area contributed by atoms with Crippen LogP contribution in [0.15, 0.2) is 71.2 Å². The molecule has 8 nitrogen and oxygen atoms in total. The molecule has 1 aliphatic rings. The third-order valence-electron chi connectivity index (χ3n) is 6.43. The fourth-order valence-corrected chi connectivity index (χ4v) is 6.14. The molecule has 1 aliphatic heterocycles. The molecule has 3 N–H and O–H groups in total. The van der Waals surface area contributed by atoms with E-state index in [2.05, 4.69) is 35.1 Å². The topological polar surface area (TPSA) is 85.4 Å². The van der Waals surface area contributed by atoms with E-state index in [9.17, 15) is 4.21 Å². The van der Waals surface area contributed by atoms with Crippen LogP contribution in [0.3, 0.4) is 0 Å². The third-order valence-corrected chi connectivity index (χ3v) is 8.65. The molecule has 2 aromatic carbocycles. The summed E-state index contributed by atoms with van der Waals surface area (Å²) in [5, 5.41) is 9.06. The van der Waals surface area contributed by atoms with Crippen molar-refractivity contribution in [3.63, 3.8) is 0 Å². The molecule has 1 unspecified atom stereocenters. The first-order chi connectivity index (χ1) is 19.0. The number of piperazine rings is 1. The van der Waals surface area contributed by atoms with Crippen LogP contribution in [0.25, 0.3) is 11.3 Å². The fourth-order valence-electron chi connectivity index (χ4n) is 4.29. The lowest BCUT2D eigenvalue weighted by molar-refractivity contribution is 0.246. The molecule has 12 heteroatoms. The van der Waals surface area contributed by atoms with E-state index in [1.807, 2.05) is 43.4 Å². The maximum Gasteiger partial charge on any atom is 0.194 e. The predicted molar refractivity (Wildman–Crippen MR) is 159 cm³/mol. The van der Waals surface area contributed by atoms with Crippen LogP contribution in [0.4, 0.5) is 26.6 Å². The van der Waals surface area contributed by atoms with Gasteiger partial charge >= 0.3 is 0 Å². The van der Waals surface area contributed by atoms with Gasteiger partial charge in [-0.25, -0.2) is 13.6 Å². The van der Waals surface area contributed by atoms with Crippen LogP contribution in [0.5, 0.6) is 0 Å². The molecule has 0 saturated carbocycles. The Kier molecular flexibility index (Phi) is 9.05. The van der Waals surface area contributed by atoms with E-state index in [4.69, 9.17) is 11.6 Å². The zero-order chi connectivity index (χ0) is 27.2. The number of anilines is 4. The molecular weight excluding hydrogens is 557 g/mol. The maximum atomic E-state index is 15.1. The Bertz CT molecular complexity index is 1420. The molecule has 204 valence electrons. The number of nitrogens with one attached hydrogen (secondary N) is 3. The minimum atomic E-state index is -1.85. The highest BCUT2D eigenvalue weighted by molar-refractivity contribution is 7.86. The normalized spacial score (nSPS) is 14.6. The molecule has 3 heterocycles. The van der Waals surface area contributed by atoms with E-state index in [1.54, 1.807) is 17.8 Å². The van der Waals surface area contributed by atoms with Gasteiger partial charge in [-0.1, -0.05) is 41.9 Å². The Morgan fingerprint density at radius 3 is 2.69 bits per heavy atom. The fraction of sp³-hybridized carbons (Fsp3) is 0.259. The number of benzene rings is 2. The van der Waals surface area contributed by atoms with Gasteiger partial charge in [0, 0.05) is 69.5 Å². The van der Waals surface area contributed by atoms with Crippen LogP contribution in [-0.4, -0.2) is 65.4 Å². The number of halogens is 2. The van der Waals surface area contributed by atoms with Gasteiger partial charge in [0.25, 0.3) is 0 Å². The summed E-state index contributed by atoms with van der Waals surface area (Å²) >= 11 is 7.82. The molecule has 4 aromatic rings. The maximum absolute atomic E-state index is 15.1. The van der Waals surface area contributed by atoms with Gasteiger partial charge in [-0.2, -0.15) is 0 Å². The lowest BCUT2D eigenvalue weighted by atomic mass is 10.1. The molecule has 1 fully saturated rings. The van der Waals surface area contributed by atoms with E-state index in [-0.39, 0.29) is 9.92 Å². The quantitative estimate of drug-likeness (QED) is 0.235. The zero-order valence-electron chi connectivity index (χ0n) is 21.4. The van der Waals surface area contributed by atoms with E-state index in [1.165, 1.54) is 23.5 Å². The third kappa shape index (κ3) is 6.92. The molecule has 0 aliphatic carbocycles. The van der Waals surface area contributed by atoms with Crippen molar-refractivity contribution in [3.05, 3.63) is 77.1 Å². The number of nitrogens with zero attached hydrogens (tertiary/aromatic N) is 4. The van der Waals surface area contributed by atoms with Crippen molar-refractivity contribution in [2.45, 2.75) is 4.90 Å². The second-order valence-corrected chi connectivity index (χ2v) is 11.5. The Balaban J connectivity index is 1.40. The van der Waals surface area contributed by atoms with Crippen LogP contribution < -0.4 is 20.3 Å². The average Bonchev–Trinajstić information content (AvgIpc) is 3.47. The van der Waals surface area contributed by atoms with E-state index in [0.717, 1.165) is 56.2 Å². The molecule has 1 saturated heterocycles. The van der Waals surface area contributed by atoms with Gasteiger partial charge < -0.3 is 15.5 Å². The summed E-state index contributed by atoms with van der Waals surface area (Å²) < 4.78 is 30.5. The summed E-state index contributed by atoms with van der Waals surface area (Å²) in [5.74, 6) is -0.647. The van der Waals surface area contributed by atoms with Crippen molar-refractivity contribution in [3.8, 4) is 11.3 Å². The summed E-state index contributed by atoms with van der Waals surface area (Å²) in [4.78, 5) is 13.3. The molecule has 39 heavy (non-hydrogen) atoms. The highest BCUT2D eigenvalue weighted by Crippen LogP contribution is 2.35. The molecule has 0 spiro atoms. The van der Waals surface area contributed by atoms with Gasteiger partial charge in [0.15, 0.2) is 16.1 Å². The molecule has 0 amide bonds. The first kappa shape index (κ1) is 27.5. The van der Waals surface area contributed by atoms with Gasteiger partial charge in [0.05, 0.1) is 38.9 Å². The van der Waals surface area contributed by atoms with Gasteiger partial charge in [0.1, 0.15) is 5.82 Å². The van der Waals surface area contributed by atoms with Crippen molar-refractivity contribution in [1.82, 2.24) is 20.2 Å². The summed E-state index contributed by atoms with van der Waals surface area (Å²) in [5.41, 5.74) is 3.79. The number of hydrogen-bond donors (Lipinski definition) is 3. The van der Waals surface area contributed by atoms with Crippen molar-refractivity contribution in [2.75, 3.05) is 61.3 Å². The molecule has 1 atom stereocenters. The number of rotatable bonds is 10. The minimum Gasteiger partial charge on any atom is -0.372 e. The second-order valence-electron chi connectivity index (χ2n) is 9.06. The monoisotopic (exact) mass is 585 g/mol. The lowest BCUT2D eigenvalue weighted by Crippen LogP contribution is -2.46. The Morgan fingerprint density at radius 1 is 1.15 bits per heavy atom. The molecule has 5 rings (SSSR count). The van der Waals surface area contributed by atoms with Crippen molar-refractivity contribution < 1.29 is 8.60 Å². The highest BCUT2D eigenvalue weighted by atomic mass is 35.5. The van der Waals surface area contributed by atoms with Crippen LogP contribution >= 0.6 is 22.9 Å². The summed E-state index contributed by atoms with van der Waals surface area (Å²) in [6, 6.07) is 14.6. The highest BCUT2D eigenvalue weighted by Gasteiger charge is 2.18. The van der Waals surface area contributed by atoms with E-state index >= 15 is 4.39 Å². The van der Waals surface area contributed by atoms with Crippen LogP contribution in [-0.2, 0) is 11.0 Å². The van der Waals surface area contributed by atoms with Crippen LogP contribution in [0.2, 0.25) is 5.02 Å². The minimum absolute atomic E-state index is 0.0494. The number of likely N-dealkylation sites (N-methyl/N-ethyl adjacent to an activating group) is 1. The first-order valence-corrected chi connectivity index (χ1v) is 14.9. The van der Waals surface area contributed by atoms with Crippen molar-refractivity contribution in [1.29, 1.82) is 0 Å². The Morgan fingerprint density at radius 2 is 1.95 bits per heavy atom. The van der Waals surface area contributed by atoms with Gasteiger partial charge in [-0.3, -0.25) is 14.6 Å². The number of aromatic nitrogens is 2. The van der Waals surface area contributed by atoms with Gasteiger partial charge in [0.2, 0.25) is 0 Å². The Labute approximate surface area is 238 Å². The predicted octanol–water partition coefficient (Wildman–Crippen LogP) is 5.22. The first-order valence-electron chi connectivity index (χ1n) is 12.5. The molecule has 0 bridgehead atoms. The summed E-state index contributed by atoms with van der Waals surface area (Å²) in [6.07, 6.45) is 3.32.